The molecule has 0 amide bonds. The molecule has 0 bridgehead atoms. The van der Waals surface area contributed by atoms with E-state index in [1.54, 1.807) is 0 Å². The average Bonchev–Trinajstić information content (AvgIpc) is 3.64. The second kappa shape index (κ2) is 16.3. The van der Waals surface area contributed by atoms with Gasteiger partial charge >= 0.3 is 0 Å². The first-order chi connectivity index (χ1) is 32.9. The van der Waals surface area contributed by atoms with Crippen molar-refractivity contribution in [3.8, 4) is 29.0 Å². The van der Waals surface area contributed by atoms with E-state index in [2.05, 4.69) is 231 Å². The molecule has 0 fully saturated rings. The first-order valence-electron chi connectivity index (χ1n) is 23.5. The molecule has 11 rings (SSSR count). The molecule has 1 heterocycles. The normalized spacial score (nSPS) is 17.6. The van der Waals surface area contributed by atoms with Gasteiger partial charge in [0.15, 0.2) is 0 Å². The lowest BCUT2D eigenvalue weighted by atomic mass is 9.60. The summed E-state index contributed by atoms with van der Waals surface area (Å²) in [7, 11) is -3.17. The lowest BCUT2D eigenvalue weighted by molar-refractivity contribution is 0.141. The van der Waals surface area contributed by atoms with Crippen molar-refractivity contribution in [1.82, 2.24) is 0 Å². The number of nitriles is 2. The number of benzene rings is 8. The van der Waals surface area contributed by atoms with E-state index in [4.69, 9.17) is 4.74 Å². The van der Waals surface area contributed by atoms with E-state index in [0.29, 0.717) is 11.1 Å². The molecule has 7 heteroatoms. The number of hydrogen-bond donors (Lipinski definition) is 0. The summed E-state index contributed by atoms with van der Waals surface area (Å²) < 4.78 is 6.99. The van der Waals surface area contributed by atoms with Crippen LogP contribution in [-0.2, 0) is 5.41 Å². The van der Waals surface area contributed by atoms with Crippen LogP contribution in [0.2, 0.25) is 39.3 Å². The molecule has 0 saturated heterocycles. The Morgan fingerprint density at radius 1 is 0.485 bits per heavy atom. The number of fused-ring (bicyclic) bond motifs is 11. The Kier molecular flexibility index (Phi) is 10.3. The molecule has 0 aromatic heterocycles. The topological polar surface area (TPSA) is 63.3 Å². The Hall–Kier alpha value is -7.69. The number of para-hydroxylation sites is 1. The van der Waals surface area contributed by atoms with Gasteiger partial charge in [-0.05, 0) is 131 Å². The van der Waals surface area contributed by atoms with Gasteiger partial charge in [0.1, 0.15) is 11.9 Å². The maximum Gasteiger partial charge on any atom is 0.125 e. The molecule has 8 aromatic carbocycles. The van der Waals surface area contributed by atoms with E-state index < -0.39 is 21.6 Å². The molecule has 1 spiro atoms. The fourth-order valence-electron chi connectivity index (χ4n) is 10.9. The molecule has 3 aliphatic rings. The van der Waals surface area contributed by atoms with Crippen LogP contribution in [0.3, 0.4) is 0 Å². The van der Waals surface area contributed by atoms with Crippen molar-refractivity contribution in [2.45, 2.75) is 50.8 Å². The lowest BCUT2D eigenvalue weighted by Crippen LogP contribution is -2.47. The smallest absolute Gasteiger partial charge is 0.125 e. The van der Waals surface area contributed by atoms with Gasteiger partial charge in [-0.25, -0.2) is 0 Å². The molecule has 330 valence electrons. The highest BCUT2D eigenvalue weighted by molar-refractivity contribution is 6.89. The van der Waals surface area contributed by atoms with Crippen molar-refractivity contribution in [3.63, 3.8) is 0 Å². The highest BCUT2D eigenvalue weighted by atomic mass is 28.3. The fourth-order valence-corrected chi connectivity index (χ4v) is 13.3. The second-order valence-electron chi connectivity index (χ2n) is 20.4. The molecule has 0 radical (unpaired) electrons. The van der Waals surface area contributed by atoms with Gasteiger partial charge in [-0.2, -0.15) is 10.5 Å². The third-order valence-electron chi connectivity index (χ3n) is 14.3. The molecule has 0 saturated carbocycles. The molecular weight excluding hydrogens is 861 g/mol. The number of anilines is 6. The monoisotopic (exact) mass is 912 g/mol. The summed E-state index contributed by atoms with van der Waals surface area (Å²) in [6.07, 6.45) is 8.67. The molecule has 3 unspecified atom stereocenters. The minimum absolute atomic E-state index is 0.0922. The van der Waals surface area contributed by atoms with E-state index in [9.17, 15) is 10.5 Å². The number of rotatable bonds is 8. The van der Waals surface area contributed by atoms with Crippen LogP contribution in [0, 0.1) is 28.6 Å². The first kappa shape index (κ1) is 42.9. The molecule has 68 heavy (non-hydrogen) atoms. The van der Waals surface area contributed by atoms with Crippen LogP contribution in [0.5, 0.6) is 5.75 Å². The van der Waals surface area contributed by atoms with Gasteiger partial charge in [-0.15, -0.1) is 0 Å². The van der Waals surface area contributed by atoms with Crippen LogP contribution in [0.4, 0.5) is 34.1 Å². The number of ether oxygens (including phenoxy) is 1. The Morgan fingerprint density at radius 2 is 0.985 bits per heavy atom. The number of nitrogens with zero attached hydrogens (tertiary/aromatic N) is 4. The Labute approximate surface area is 402 Å². The predicted molar refractivity (Wildman–Crippen MR) is 287 cm³/mol. The van der Waals surface area contributed by atoms with Crippen LogP contribution in [-0.4, -0.2) is 22.3 Å². The lowest BCUT2D eigenvalue weighted by Gasteiger charge is -2.47. The van der Waals surface area contributed by atoms with Crippen LogP contribution >= 0.6 is 0 Å². The third kappa shape index (κ3) is 6.93. The molecule has 0 N–H and O–H groups in total. The summed E-state index contributed by atoms with van der Waals surface area (Å²) in [6, 6.07) is 65.9. The summed E-state index contributed by atoms with van der Waals surface area (Å²) in [6.45, 7) is 14.3. The summed E-state index contributed by atoms with van der Waals surface area (Å²) in [4.78, 5) is 4.72. The molecule has 5 nitrogen and oxygen atoms in total. The van der Waals surface area contributed by atoms with Crippen molar-refractivity contribution >= 4 is 71.4 Å². The highest BCUT2D eigenvalue weighted by Gasteiger charge is 2.56. The van der Waals surface area contributed by atoms with Crippen LogP contribution in [0.15, 0.2) is 194 Å². The van der Waals surface area contributed by atoms with Crippen molar-refractivity contribution in [2.75, 3.05) is 9.80 Å². The largest absolute Gasteiger partial charge is 0.485 e. The average molecular weight is 913 g/mol. The van der Waals surface area contributed by atoms with Crippen molar-refractivity contribution in [1.29, 1.82) is 10.5 Å². The van der Waals surface area contributed by atoms with Gasteiger partial charge in [0.2, 0.25) is 0 Å². The van der Waals surface area contributed by atoms with Gasteiger partial charge in [-0.1, -0.05) is 141 Å². The first-order valence-corrected chi connectivity index (χ1v) is 30.5. The van der Waals surface area contributed by atoms with Crippen LogP contribution < -0.4 is 24.9 Å². The van der Waals surface area contributed by atoms with Crippen molar-refractivity contribution in [2.24, 2.45) is 5.92 Å². The molecule has 3 atom stereocenters. The van der Waals surface area contributed by atoms with Crippen molar-refractivity contribution in [3.05, 3.63) is 222 Å². The standard InChI is InChI=1S/C61H52N4OSi2/c1-67(2,3)48-32-27-44(28-33-48)64(43-23-19-41(39-62)20-24-43)47-31-36-52-55(37-47)61(53-15-9-11-17-58(53)66-59-18-12-10-16-54(59)61)56-38-57(50-13-7-8-14-51(50)60(52)56)65(45-25-21-42(40-63)22-26-45)46-29-34-49(35-30-46)68(4,5)6/h7-38,53,58H,1-6H3. The molecule has 1 aliphatic heterocycles. The summed E-state index contributed by atoms with van der Waals surface area (Å²) in [5.41, 5.74) is 12.7. The van der Waals surface area contributed by atoms with Crippen LogP contribution in [0.1, 0.15) is 27.8 Å². The van der Waals surface area contributed by atoms with E-state index in [1.165, 1.54) is 38.0 Å². The highest BCUT2D eigenvalue weighted by Crippen LogP contribution is 2.64. The second-order valence-corrected chi connectivity index (χ2v) is 30.5. The van der Waals surface area contributed by atoms with E-state index in [-0.39, 0.29) is 12.0 Å². The Bertz CT molecular complexity index is 3420. The summed E-state index contributed by atoms with van der Waals surface area (Å²) in [5.74, 6) is 0.787. The van der Waals surface area contributed by atoms with E-state index in [1.807, 2.05) is 24.3 Å². The summed E-state index contributed by atoms with van der Waals surface area (Å²) in [5, 5.41) is 24.9. The third-order valence-corrected chi connectivity index (χ3v) is 18.4. The van der Waals surface area contributed by atoms with Gasteiger partial charge in [0.05, 0.1) is 50.5 Å². The quantitative estimate of drug-likeness (QED) is 0.142. The van der Waals surface area contributed by atoms with Gasteiger partial charge < -0.3 is 14.5 Å². The predicted octanol–water partition coefficient (Wildman–Crippen LogP) is 14.4. The zero-order valence-electron chi connectivity index (χ0n) is 39.3. The Morgan fingerprint density at radius 3 is 1.56 bits per heavy atom. The zero-order valence-corrected chi connectivity index (χ0v) is 41.3. The SMILES string of the molecule is C[Si](C)(C)c1ccc(N(c2ccc(C#N)cc2)c2ccc3c(c2)C2(c4ccccc4OC4C=CC=CC42)c2cc(N(c4ccc(C#N)cc4)c4ccc([Si](C)(C)C)cc4)c4ccccc4c2-3)cc1. The van der Waals surface area contributed by atoms with Gasteiger partial charge in [-0.3, -0.25) is 0 Å². The van der Waals surface area contributed by atoms with E-state index >= 15 is 0 Å². The zero-order chi connectivity index (χ0) is 47.0. The van der Waals surface area contributed by atoms with Crippen LogP contribution in [0.25, 0.3) is 21.9 Å². The molecule has 8 aromatic rings. The molecular formula is C61H52N4OSi2. The summed E-state index contributed by atoms with van der Waals surface area (Å²) >= 11 is 0. The maximum atomic E-state index is 9.91. The number of hydrogen-bond acceptors (Lipinski definition) is 5. The minimum Gasteiger partial charge on any atom is -0.485 e. The Balaban J connectivity index is 1.22. The van der Waals surface area contributed by atoms with Gasteiger partial charge in [0.25, 0.3) is 0 Å². The molecule has 2 aliphatic carbocycles. The minimum atomic E-state index is -1.60. The van der Waals surface area contributed by atoms with E-state index in [0.717, 1.165) is 50.8 Å². The fraction of sp³-hybridized carbons (Fsp3) is 0.148. The maximum absolute atomic E-state index is 9.91. The van der Waals surface area contributed by atoms with Crippen molar-refractivity contribution < 1.29 is 4.74 Å². The number of allylic oxidation sites excluding steroid dienone is 2. The van der Waals surface area contributed by atoms with Gasteiger partial charge in [0, 0.05) is 45.3 Å².